The maximum absolute atomic E-state index is 14.2. The van der Waals surface area contributed by atoms with Crippen molar-refractivity contribution in [2.45, 2.75) is 6.92 Å². The van der Waals surface area contributed by atoms with E-state index in [1.165, 1.54) is 13.1 Å². The number of aromatic hydroxyl groups is 1. The molecule has 3 rings (SSSR count). The molecular weight excluding hydrogens is 413 g/mol. The standard InChI is InChI=1S/C20H19ClFN5O3/c1-11-6-13(8-15(21)18(11)29)25-19-16(22)9-24-20(27-19)26-12-4-3-5-14(7-12)30-10-17(28)23-2/h3-9,29H,10H2,1-2H3,(H,23,28)(H2,24,25,26,27). The number of hydrogen-bond donors (Lipinski definition) is 4. The average Bonchev–Trinajstić information content (AvgIpc) is 2.73. The van der Waals surface area contributed by atoms with E-state index in [1.807, 2.05) is 0 Å². The van der Waals surface area contributed by atoms with Crippen LogP contribution >= 0.6 is 11.6 Å². The number of hydrogen-bond acceptors (Lipinski definition) is 7. The van der Waals surface area contributed by atoms with E-state index in [4.69, 9.17) is 16.3 Å². The number of halogens is 2. The van der Waals surface area contributed by atoms with Gasteiger partial charge in [0.2, 0.25) is 5.95 Å². The molecule has 0 radical (unpaired) electrons. The largest absolute Gasteiger partial charge is 0.506 e. The second-order valence-electron chi connectivity index (χ2n) is 6.25. The van der Waals surface area contributed by atoms with Gasteiger partial charge in [0.05, 0.1) is 11.2 Å². The molecule has 0 bridgehead atoms. The first-order valence-electron chi connectivity index (χ1n) is 8.85. The highest BCUT2D eigenvalue weighted by molar-refractivity contribution is 6.32. The van der Waals surface area contributed by atoms with E-state index in [0.717, 1.165) is 6.20 Å². The van der Waals surface area contributed by atoms with Gasteiger partial charge in [-0.05, 0) is 36.8 Å². The molecule has 4 N–H and O–H groups in total. The minimum Gasteiger partial charge on any atom is -0.506 e. The van der Waals surface area contributed by atoms with Gasteiger partial charge in [-0.25, -0.2) is 9.37 Å². The number of likely N-dealkylation sites (N-methyl/N-ethyl adjacent to an activating group) is 1. The monoisotopic (exact) mass is 431 g/mol. The Kier molecular flexibility index (Phi) is 6.53. The van der Waals surface area contributed by atoms with Crippen molar-refractivity contribution in [2.24, 2.45) is 0 Å². The number of nitrogens with one attached hydrogen (secondary N) is 3. The number of aromatic nitrogens is 2. The Morgan fingerprint density at radius 2 is 2.03 bits per heavy atom. The SMILES string of the molecule is CNC(=O)COc1cccc(Nc2ncc(F)c(Nc3cc(C)c(O)c(Cl)c3)n2)c1. The third-order valence-electron chi connectivity index (χ3n) is 4.00. The van der Waals surface area contributed by atoms with Crippen LogP contribution in [0.5, 0.6) is 11.5 Å². The highest BCUT2D eigenvalue weighted by Gasteiger charge is 2.11. The van der Waals surface area contributed by atoms with Crippen LogP contribution < -0.4 is 20.7 Å². The number of phenolic OH excluding ortho intramolecular Hbond substituents is 1. The summed E-state index contributed by atoms with van der Waals surface area (Å²) in [5.74, 6) is -0.408. The normalized spacial score (nSPS) is 10.4. The van der Waals surface area contributed by atoms with Crippen LogP contribution in [-0.4, -0.2) is 34.6 Å². The lowest BCUT2D eigenvalue weighted by atomic mass is 10.2. The fourth-order valence-electron chi connectivity index (χ4n) is 2.47. The number of aryl methyl sites for hydroxylation is 1. The van der Waals surface area contributed by atoms with Crippen molar-refractivity contribution >= 4 is 40.6 Å². The predicted molar refractivity (Wildman–Crippen MR) is 112 cm³/mol. The van der Waals surface area contributed by atoms with Crippen LogP contribution in [0.15, 0.2) is 42.6 Å². The van der Waals surface area contributed by atoms with Crippen LogP contribution in [0.25, 0.3) is 0 Å². The molecule has 3 aromatic rings. The van der Waals surface area contributed by atoms with Crippen molar-refractivity contribution in [3.8, 4) is 11.5 Å². The van der Waals surface area contributed by atoms with E-state index in [1.54, 1.807) is 37.3 Å². The van der Waals surface area contributed by atoms with Gasteiger partial charge in [0.15, 0.2) is 18.2 Å². The molecule has 2 aromatic carbocycles. The van der Waals surface area contributed by atoms with Gasteiger partial charge in [-0.15, -0.1) is 0 Å². The zero-order valence-corrected chi connectivity index (χ0v) is 16.9. The van der Waals surface area contributed by atoms with Crippen LogP contribution in [0.1, 0.15) is 5.56 Å². The van der Waals surface area contributed by atoms with Crippen molar-refractivity contribution in [3.63, 3.8) is 0 Å². The molecule has 30 heavy (non-hydrogen) atoms. The van der Waals surface area contributed by atoms with Gasteiger partial charge < -0.3 is 25.8 Å². The molecule has 0 saturated heterocycles. The topological polar surface area (TPSA) is 108 Å². The molecule has 0 aliphatic carbocycles. The van der Waals surface area contributed by atoms with Crippen LogP contribution in [0.3, 0.4) is 0 Å². The smallest absolute Gasteiger partial charge is 0.257 e. The summed E-state index contributed by atoms with van der Waals surface area (Å²) in [5, 5.41) is 18.2. The maximum Gasteiger partial charge on any atom is 0.257 e. The molecule has 0 fully saturated rings. The number of phenols is 1. The third-order valence-corrected chi connectivity index (χ3v) is 4.29. The lowest BCUT2D eigenvalue weighted by Gasteiger charge is -2.12. The quantitative estimate of drug-likeness (QED) is 0.420. The minimum atomic E-state index is -0.662. The van der Waals surface area contributed by atoms with E-state index in [9.17, 15) is 14.3 Å². The molecule has 10 heteroatoms. The number of rotatable bonds is 7. The Morgan fingerprint density at radius 3 is 2.77 bits per heavy atom. The molecule has 0 atom stereocenters. The van der Waals surface area contributed by atoms with Gasteiger partial charge in [-0.1, -0.05) is 17.7 Å². The summed E-state index contributed by atoms with van der Waals surface area (Å²) >= 11 is 5.97. The molecular formula is C20H19ClFN5O3. The van der Waals surface area contributed by atoms with E-state index >= 15 is 0 Å². The van der Waals surface area contributed by atoms with Crippen molar-refractivity contribution in [3.05, 3.63) is 59.0 Å². The predicted octanol–water partition coefficient (Wildman–Crippen LogP) is 3.90. The second-order valence-corrected chi connectivity index (χ2v) is 6.66. The van der Waals surface area contributed by atoms with Crippen LogP contribution in [0, 0.1) is 12.7 Å². The van der Waals surface area contributed by atoms with Crippen LogP contribution in [-0.2, 0) is 4.79 Å². The number of amides is 1. The summed E-state index contributed by atoms with van der Waals surface area (Å²) in [7, 11) is 1.52. The number of anilines is 4. The van der Waals surface area contributed by atoms with Gasteiger partial charge in [0.1, 0.15) is 11.5 Å². The lowest BCUT2D eigenvalue weighted by molar-refractivity contribution is -0.122. The highest BCUT2D eigenvalue weighted by Crippen LogP contribution is 2.32. The van der Waals surface area contributed by atoms with Gasteiger partial charge >= 0.3 is 0 Å². The zero-order valence-electron chi connectivity index (χ0n) is 16.2. The summed E-state index contributed by atoms with van der Waals surface area (Å²) < 4.78 is 19.6. The first-order chi connectivity index (χ1) is 14.4. The first kappa shape index (κ1) is 21.1. The molecule has 0 spiro atoms. The number of carbonyl (C=O) groups is 1. The first-order valence-corrected chi connectivity index (χ1v) is 9.22. The highest BCUT2D eigenvalue weighted by atomic mass is 35.5. The van der Waals surface area contributed by atoms with E-state index < -0.39 is 5.82 Å². The molecule has 0 aliphatic rings. The van der Waals surface area contributed by atoms with Crippen LogP contribution in [0.4, 0.5) is 27.5 Å². The minimum absolute atomic E-state index is 0.0359. The zero-order chi connectivity index (χ0) is 21.7. The Bertz CT molecular complexity index is 1060. The van der Waals surface area contributed by atoms with Gasteiger partial charge in [-0.3, -0.25) is 4.79 Å². The Morgan fingerprint density at radius 1 is 1.23 bits per heavy atom. The van der Waals surface area contributed by atoms with Crippen molar-refractivity contribution in [2.75, 3.05) is 24.3 Å². The second kappa shape index (κ2) is 9.27. The molecule has 1 heterocycles. The summed E-state index contributed by atoms with van der Waals surface area (Å²) in [4.78, 5) is 19.4. The van der Waals surface area contributed by atoms with Gasteiger partial charge in [-0.2, -0.15) is 4.98 Å². The fourth-order valence-corrected chi connectivity index (χ4v) is 2.74. The van der Waals surface area contributed by atoms with Crippen molar-refractivity contribution in [1.29, 1.82) is 0 Å². The van der Waals surface area contributed by atoms with Gasteiger partial charge in [0.25, 0.3) is 5.91 Å². The van der Waals surface area contributed by atoms with Crippen LogP contribution in [0.2, 0.25) is 5.02 Å². The van der Waals surface area contributed by atoms with Crippen molar-refractivity contribution in [1.82, 2.24) is 15.3 Å². The Labute approximate surface area is 177 Å². The van der Waals surface area contributed by atoms with E-state index in [-0.39, 0.29) is 35.1 Å². The molecule has 1 aromatic heterocycles. The van der Waals surface area contributed by atoms with E-state index in [2.05, 4.69) is 25.9 Å². The summed E-state index contributed by atoms with van der Waals surface area (Å²) in [5.41, 5.74) is 1.58. The number of ether oxygens (including phenoxy) is 1. The van der Waals surface area contributed by atoms with Gasteiger partial charge in [0, 0.05) is 24.5 Å². The number of nitrogens with zero attached hydrogens (tertiary/aromatic N) is 2. The lowest BCUT2D eigenvalue weighted by Crippen LogP contribution is -2.24. The Balaban J connectivity index is 1.76. The summed E-state index contributed by atoms with van der Waals surface area (Å²) in [6.07, 6.45) is 1.03. The molecule has 156 valence electrons. The molecule has 0 unspecified atom stereocenters. The third kappa shape index (κ3) is 5.26. The molecule has 8 nitrogen and oxygen atoms in total. The fraction of sp³-hybridized carbons (Fsp3) is 0.150. The average molecular weight is 432 g/mol. The summed E-state index contributed by atoms with van der Waals surface area (Å²) in [6.45, 7) is 1.56. The van der Waals surface area contributed by atoms with E-state index in [0.29, 0.717) is 22.7 Å². The number of benzene rings is 2. The summed E-state index contributed by atoms with van der Waals surface area (Å²) in [6, 6.07) is 9.91. The number of carbonyl (C=O) groups excluding carboxylic acids is 1. The maximum atomic E-state index is 14.2. The molecule has 0 aliphatic heterocycles. The van der Waals surface area contributed by atoms with Crippen molar-refractivity contribution < 1.29 is 19.0 Å². The molecule has 1 amide bonds. The molecule has 0 saturated carbocycles. The Hall–Kier alpha value is -3.59.